The lowest BCUT2D eigenvalue weighted by Crippen LogP contribution is -2.46. The van der Waals surface area contributed by atoms with E-state index >= 15 is 0 Å². The van der Waals surface area contributed by atoms with E-state index < -0.39 is 0 Å². The number of nitrogens with zero attached hydrogens (tertiary/aromatic N) is 4. The number of hydrogen-bond donors (Lipinski definition) is 2. The van der Waals surface area contributed by atoms with Crippen LogP contribution in [0.3, 0.4) is 0 Å². The van der Waals surface area contributed by atoms with Crippen molar-refractivity contribution in [2.75, 3.05) is 44.7 Å². The molecular formula is C21H36N6O. The molecule has 2 fully saturated rings. The molecule has 2 aliphatic heterocycles. The first-order chi connectivity index (χ1) is 13.5. The number of nitrogens with one attached hydrogen (secondary N) is 2. The zero-order chi connectivity index (χ0) is 20.1. The Balaban J connectivity index is 1.50. The maximum atomic E-state index is 5.61. The second-order valence-electron chi connectivity index (χ2n) is 8.35. The summed E-state index contributed by atoms with van der Waals surface area (Å²) in [5, 5.41) is 7.02. The molecule has 3 unspecified atom stereocenters. The Morgan fingerprint density at radius 2 is 2.11 bits per heavy atom. The van der Waals surface area contributed by atoms with Crippen molar-refractivity contribution in [3.8, 4) is 0 Å². The molecule has 0 spiro atoms. The number of guanidine groups is 1. The lowest BCUT2D eigenvalue weighted by Gasteiger charge is -2.32. The van der Waals surface area contributed by atoms with Gasteiger partial charge in [-0.3, -0.25) is 9.89 Å². The maximum Gasteiger partial charge on any atom is 0.191 e. The second-order valence-corrected chi connectivity index (χ2v) is 8.35. The molecule has 2 saturated heterocycles. The maximum absolute atomic E-state index is 5.61. The zero-order valence-corrected chi connectivity index (χ0v) is 18.0. The summed E-state index contributed by atoms with van der Waals surface area (Å²) in [7, 11) is 1.83. The molecule has 0 aliphatic carbocycles. The first kappa shape index (κ1) is 20.9. The van der Waals surface area contributed by atoms with Gasteiger partial charge < -0.3 is 20.3 Å². The van der Waals surface area contributed by atoms with E-state index in [0.717, 1.165) is 50.1 Å². The monoisotopic (exact) mass is 388 g/mol. The SMILES string of the molecule is CN=C(NCc1ccc(N2CCOC(C)C2)nc1)NC1CN(C(C)C)CC1C. The highest BCUT2D eigenvalue weighted by Gasteiger charge is 2.31. The Hall–Kier alpha value is -1.86. The number of aliphatic imine (C=N–C) groups is 1. The molecule has 156 valence electrons. The Morgan fingerprint density at radius 3 is 2.71 bits per heavy atom. The standard InChI is InChI=1S/C21H36N6O/c1-15(2)27-12-16(3)19(14-27)25-21(22-5)24-11-18-6-7-20(23-10-18)26-8-9-28-17(4)13-26/h6-7,10,15-17,19H,8-9,11-14H2,1-5H3,(H2,22,24,25). The highest BCUT2D eigenvalue weighted by molar-refractivity contribution is 5.80. The quantitative estimate of drug-likeness (QED) is 0.591. The highest BCUT2D eigenvalue weighted by atomic mass is 16.5. The fourth-order valence-electron chi connectivity index (χ4n) is 3.90. The van der Waals surface area contributed by atoms with Crippen LogP contribution in [-0.4, -0.2) is 73.9 Å². The number of hydrogen-bond acceptors (Lipinski definition) is 5. The summed E-state index contributed by atoms with van der Waals surface area (Å²) in [6.07, 6.45) is 2.21. The minimum absolute atomic E-state index is 0.260. The van der Waals surface area contributed by atoms with Gasteiger partial charge in [-0.25, -0.2) is 4.98 Å². The first-order valence-corrected chi connectivity index (χ1v) is 10.5. The molecule has 3 rings (SSSR count). The molecule has 1 aromatic heterocycles. The molecule has 0 bridgehead atoms. The topological polar surface area (TPSA) is 65.0 Å². The van der Waals surface area contributed by atoms with Crippen molar-refractivity contribution in [2.45, 2.75) is 52.4 Å². The van der Waals surface area contributed by atoms with E-state index in [0.29, 0.717) is 24.5 Å². The molecule has 0 radical (unpaired) electrons. The summed E-state index contributed by atoms with van der Waals surface area (Å²) < 4.78 is 5.61. The van der Waals surface area contributed by atoms with Crippen LogP contribution in [0.4, 0.5) is 5.82 Å². The predicted octanol–water partition coefficient (Wildman–Crippen LogP) is 1.70. The van der Waals surface area contributed by atoms with Crippen LogP contribution in [-0.2, 0) is 11.3 Å². The normalized spacial score (nSPS) is 26.7. The lowest BCUT2D eigenvalue weighted by atomic mass is 10.1. The third-order valence-electron chi connectivity index (χ3n) is 5.75. The van der Waals surface area contributed by atoms with Crippen LogP contribution in [0.15, 0.2) is 23.3 Å². The van der Waals surface area contributed by atoms with Gasteiger partial charge in [0.25, 0.3) is 0 Å². The molecule has 3 atom stereocenters. The van der Waals surface area contributed by atoms with Gasteiger partial charge in [-0.15, -0.1) is 0 Å². The van der Waals surface area contributed by atoms with E-state index in [-0.39, 0.29) is 6.10 Å². The molecule has 7 nitrogen and oxygen atoms in total. The van der Waals surface area contributed by atoms with Gasteiger partial charge in [-0.05, 0) is 38.3 Å². The van der Waals surface area contributed by atoms with Crippen LogP contribution >= 0.6 is 0 Å². The number of ether oxygens (including phenoxy) is 1. The fourth-order valence-corrected chi connectivity index (χ4v) is 3.90. The van der Waals surface area contributed by atoms with E-state index in [2.05, 4.69) is 70.2 Å². The average Bonchev–Trinajstić information content (AvgIpc) is 3.06. The van der Waals surface area contributed by atoms with Crippen molar-refractivity contribution in [2.24, 2.45) is 10.9 Å². The van der Waals surface area contributed by atoms with Crippen LogP contribution in [0, 0.1) is 5.92 Å². The summed E-state index contributed by atoms with van der Waals surface area (Å²) in [6, 6.07) is 5.26. The largest absolute Gasteiger partial charge is 0.375 e. The first-order valence-electron chi connectivity index (χ1n) is 10.5. The average molecular weight is 389 g/mol. The fraction of sp³-hybridized carbons (Fsp3) is 0.714. The van der Waals surface area contributed by atoms with E-state index in [1.54, 1.807) is 0 Å². The number of pyridine rings is 1. The van der Waals surface area contributed by atoms with Crippen LogP contribution in [0.1, 0.15) is 33.3 Å². The number of morpholine rings is 1. The Morgan fingerprint density at radius 1 is 1.29 bits per heavy atom. The van der Waals surface area contributed by atoms with Gasteiger partial charge in [0, 0.05) is 58.1 Å². The summed E-state index contributed by atoms with van der Waals surface area (Å²) in [5.41, 5.74) is 1.15. The molecule has 28 heavy (non-hydrogen) atoms. The van der Waals surface area contributed by atoms with Crippen molar-refractivity contribution in [1.82, 2.24) is 20.5 Å². The zero-order valence-electron chi connectivity index (χ0n) is 18.0. The molecule has 2 aliphatic rings. The molecule has 0 amide bonds. The molecule has 1 aromatic rings. The number of aromatic nitrogens is 1. The third-order valence-corrected chi connectivity index (χ3v) is 5.75. The van der Waals surface area contributed by atoms with E-state index in [4.69, 9.17) is 4.74 Å². The second kappa shape index (κ2) is 9.56. The van der Waals surface area contributed by atoms with Gasteiger partial charge in [-0.1, -0.05) is 13.0 Å². The van der Waals surface area contributed by atoms with Crippen molar-refractivity contribution in [3.05, 3.63) is 23.9 Å². The Bertz CT molecular complexity index is 647. The smallest absolute Gasteiger partial charge is 0.191 e. The van der Waals surface area contributed by atoms with E-state index in [9.17, 15) is 0 Å². The van der Waals surface area contributed by atoms with Crippen molar-refractivity contribution in [3.63, 3.8) is 0 Å². The van der Waals surface area contributed by atoms with Gasteiger partial charge in [0.2, 0.25) is 0 Å². The Kier molecular flexibility index (Phi) is 7.13. The van der Waals surface area contributed by atoms with Crippen LogP contribution in [0.2, 0.25) is 0 Å². The molecule has 0 aromatic carbocycles. The summed E-state index contributed by atoms with van der Waals surface area (Å²) >= 11 is 0. The van der Waals surface area contributed by atoms with E-state index in [1.807, 2.05) is 13.2 Å². The molecular weight excluding hydrogens is 352 g/mol. The molecule has 7 heteroatoms. The number of anilines is 1. The van der Waals surface area contributed by atoms with E-state index in [1.165, 1.54) is 0 Å². The molecule has 0 saturated carbocycles. The van der Waals surface area contributed by atoms with Gasteiger partial charge in [0.05, 0.1) is 12.7 Å². The summed E-state index contributed by atoms with van der Waals surface area (Å²) in [4.78, 5) is 13.9. The molecule has 3 heterocycles. The Labute approximate surface area is 169 Å². The lowest BCUT2D eigenvalue weighted by molar-refractivity contribution is 0.0529. The van der Waals surface area contributed by atoms with Gasteiger partial charge in [0.15, 0.2) is 5.96 Å². The predicted molar refractivity (Wildman–Crippen MR) is 115 cm³/mol. The number of likely N-dealkylation sites (tertiary alicyclic amines) is 1. The summed E-state index contributed by atoms with van der Waals surface area (Å²) in [6.45, 7) is 14.4. The number of rotatable bonds is 5. The summed E-state index contributed by atoms with van der Waals surface area (Å²) in [5.74, 6) is 2.49. The van der Waals surface area contributed by atoms with Crippen molar-refractivity contribution in [1.29, 1.82) is 0 Å². The van der Waals surface area contributed by atoms with Crippen LogP contribution in [0.5, 0.6) is 0 Å². The highest BCUT2D eigenvalue weighted by Crippen LogP contribution is 2.19. The molecule has 2 N–H and O–H groups in total. The van der Waals surface area contributed by atoms with Crippen LogP contribution in [0.25, 0.3) is 0 Å². The van der Waals surface area contributed by atoms with Gasteiger partial charge in [0.1, 0.15) is 5.82 Å². The van der Waals surface area contributed by atoms with Crippen molar-refractivity contribution < 1.29 is 4.74 Å². The van der Waals surface area contributed by atoms with Crippen molar-refractivity contribution >= 4 is 11.8 Å². The van der Waals surface area contributed by atoms with Gasteiger partial charge >= 0.3 is 0 Å². The third kappa shape index (κ3) is 5.35. The minimum atomic E-state index is 0.260. The minimum Gasteiger partial charge on any atom is -0.375 e. The van der Waals surface area contributed by atoms with Gasteiger partial charge in [-0.2, -0.15) is 0 Å². The van der Waals surface area contributed by atoms with Crippen LogP contribution < -0.4 is 15.5 Å².